The maximum absolute atomic E-state index is 14.2. The molecule has 0 aliphatic rings. The number of carbonyl (C=O) groups is 8. The number of fused-ring (bicyclic) bond motifs is 1. The number of nitrogens with one attached hydrogen (secondary N) is 9. The van der Waals surface area contributed by atoms with E-state index in [9.17, 15) is 58.8 Å². The van der Waals surface area contributed by atoms with Gasteiger partial charge < -0.3 is 73.4 Å². The number of hydrogen-bond acceptors (Lipinski definition) is 13. The van der Waals surface area contributed by atoms with Gasteiger partial charge >= 0.3 is 5.97 Å². The molecular formula is C49H62N10O13. The zero-order valence-electron chi connectivity index (χ0n) is 39.7. The first kappa shape index (κ1) is 56.4. The molecule has 3 unspecified atom stereocenters. The molecule has 72 heavy (non-hydrogen) atoms. The van der Waals surface area contributed by atoms with Gasteiger partial charge in [0.05, 0.1) is 39.4 Å². The summed E-state index contributed by atoms with van der Waals surface area (Å²) < 4.78 is 5.32. The Hall–Kier alpha value is -8.15. The third-order valence-corrected chi connectivity index (χ3v) is 11.3. The van der Waals surface area contributed by atoms with Crippen LogP contribution < -0.4 is 53.0 Å². The van der Waals surface area contributed by atoms with Crippen molar-refractivity contribution in [3.05, 3.63) is 114 Å². The number of ether oxygens (including phenoxy) is 1. The van der Waals surface area contributed by atoms with Crippen molar-refractivity contribution in [3.63, 3.8) is 0 Å². The molecule has 0 fully saturated rings. The Kier molecular flexibility index (Phi) is 22.3. The minimum atomic E-state index is -1.80. The third-order valence-electron chi connectivity index (χ3n) is 11.3. The zero-order valence-corrected chi connectivity index (χ0v) is 39.7. The molecule has 15 N–H and O–H groups in total. The lowest BCUT2D eigenvalue weighted by Crippen LogP contribution is -2.60. The summed E-state index contributed by atoms with van der Waals surface area (Å²) >= 11 is 0. The van der Waals surface area contributed by atoms with Gasteiger partial charge in [-0.15, -0.1) is 0 Å². The van der Waals surface area contributed by atoms with Gasteiger partial charge in [-0.25, -0.2) is 4.79 Å². The molecule has 0 aliphatic carbocycles. The molecule has 0 bridgehead atoms. The fraction of sp³-hybridized carbons (Fsp3) is 0.367. The third kappa shape index (κ3) is 17.7. The number of aliphatic carboxylic acids is 1. The van der Waals surface area contributed by atoms with Gasteiger partial charge in [0.25, 0.3) is 0 Å². The first-order valence-electron chi connectivity index (χ1n) is 22.8. The van der Waals surface area contributed by atoms with Crippen LogP contribution >= 0.6 is 0 Å². The number of rotatable bonds is 28. The molecule has 0 radical (unpaired) electrons. The van der Waals surface area contributed by atoms with E-state index in [-0.39, 0.29) is 38.2 Å². The van der Waals surface area contributed by atoms with Crippen LogP contribution in [0.5, 0.6) is 5.75 Å². The molecule has 7 atom stereocenters. The highest BCUT2D eigenvalue weighted by atomic mass is 16.5. The van der Waals surface area contributed by atoms with Crippen molar-refractivity contribution in [3.8, 4) is 5.75 Å². The fourth-order valence-electron chi connectivity index (χ4n) is 7.20. The molecule has 23 heteroatoms. The molecule has 0 aromatic heterocycles. The van der Waals surface area contributed by atoms with Crippen LogP contribution in [0.3, 0.4) is 0 Å². The standard InChI is InChI=1S/C49H62N10O13/c1-28(31-15-16-33-23-34(72-2)18-17-32(33)22-31)42(64)56-37(21-30-12-7-4-8-13-30)44(66)57-36(20-29-10-5-3-6-11-29)43(65)53-24-41(63)54-38(25-60)45(67)58-40(27-62)47(69)59-39(26-61)46(68)55-35(48(70)71)14-9-19-52-49(50)51/h3-8,10-13,15-18,22-23,28,35-40,60-62H,9,14,19-21,24-27H2,1-2H3,(H,53,65)(H,54,63)(H,55,68)(H,56,64)(H,57,66)(H,58,67)(H,59,69)(H,70,71)(H4,50,51,52)/t28?,35-,36+,37+,38?,39?,40-/m0/s1. The number of amides is 7. The van der Waals surface area contributed by atoms with Gasteiger partial charge in [0.2, 0.25) is 41.4 Å². The number of carboxylic acids is 1. The molecule has 386 valence electrons. The second kappa shape index (κ2) is 28.5. The van der Waals surface area contributed by atoms with E-state index in [1.807, 2.05) is 36.4 Å². The molecule has 0 aliphatic heterocycles. The summed E-state index contributed by atoms with van der Waals surface area (Å²) in [5.74, 6) is -8.26. The summed E-state index contributed by atoms with van der Waals surface area (Å²) in [4.78, 5) is 106. The summed E-state index contributed by atoms with van der Waals surface area (Å²) in [6.45, 7) is -2.05. The van der Waals surface area contributed by atoms with Crippen molar-refractivity contribution in [2.75, 3.05) is 40.0 Å². The summed E-state index contributed by atoms with van der Waals surface area (Å²) in [5.41, 5.74) is 7.25. The minimum absolute atomic E-state index is 0.0462. The Bertz CT molecular complexity index is 2520. The van der Waals surface area contributed by atoms with Gasteiger partial charge in [0.1, 0.15) is 42.0 Å². The van der Waals surface area contributed by atoms with Gasteiger partial charge in [0, 0.05) is 19.4 Å². The lowest BCUT2D eigenvalue weighted by atomic mass is 9.96. The number of carbonyl (C=O) groups excluding carboxylic acids is 7. The molecule has 0 saturated heterocycles. The maximum atomic E-state index is 14.2. The zero-order chi connectivity index (χ0) is 52.7. The molecule has 7 amide bonds. The number of guanidine groups is 1. The number of benzene rings is 4. The van der Waals surface area contributed by atoms with E-state index in [1.54, 1.807) is 74.7 Å². The van der Waals surface area contributed by atoms with E-state index in [4.69, 9.17) is 15.9 Å². The predicted molar refractivity (Wildman–Crippen MR) is 262 cm³/mol. The quantitative estimate of drug-likeness (QED) is 0.0163. The number of aliphatic hydroxyl groups excluding tert-OH is 3. The normalized spacial score (nSPS) is 13.8. The van der Waals surface area contributed by atoms with Crippen molar-refractivity contribution < 1.29 is 63.5 Å². The largest absolute Gasteiger partial charge is 0.497 e. The van der Waals surface area contributed by atoms with Crippen LogP contribution in [-0.2, 0) is 51.2 Å². The Balaban J connectivity index is 1.40. The van der Waals surface area contributed by atoms with E-state index in [1.165, 1.54) is 0 Å². The number of nitrogens with two attached hydrogens (primary N) is 1. The van der Waals surface area contributed by atoms with E-state index < -0.39 is 116 Å². The van der Waals surface area contributed by atoms with Crippen LogP contribution in [0.1, 0.15) is 42.4 Å². The lowest BCUT2D eigenvalue weighted by molar-refractivity contribution is -0.143. The second-order valence-electron chi connectivity index (χ2n) is 16.6. The van der Waals surface area contributed by atoms with Gasteiger partial charge in [-0.1, -0.05) is 84.9 Å². The monoisotopic (exact) mass is 998 g/mol. The Morgan fingerprint density at radius 3 is 1.54 bits per heavy atom. The predicted octanol–water partition coefficient (Wildman–Crippen LogP) is -2.21. The Labute approximate surface area is 414 Å². The van der Waals surface area contributed by atoms with Crippen molar-refractivity contribution in [1.29, 1.82) is 5.41 Å². The Morgan fingerprint density at radius 1 is 0.569 bits per heavy atom. The van der Waals surface area contributed by atoms with Gasteiger partial charge in [-0.3, -0.25) is 39.0 Å². The highest BCUT2D eigenvalue weighted by Gasteiger charge is 2.32. The molecule has 23 nitrogen and oxygen atoms in total. The topological polar surface area (TPSA) is 373 Å². The van der Waals surface area contributed by atoms with Crippen LogP contribution in [0, 0.1) is 5.41 Å². The molecule has 4 aromatic rings. The van der Waals surface area contributed by atoms with Crippen LogP contribution in [0.15, 0.2) is 97.1 Å². The average Bonchev–Trinajstić information content (AvgIpc) is 3.37. The molecule has 0 saturated carbocycles. The maximum Gasteiger partial charge on any atom is 0.326 e. The van der Waals surface area contributed by atoms with E-state index in [2.05, 4.69) is 42.5 Å². The SMILES string of the molecule is COc1ccc2cc(C(C)C(=O)N[C@H](Cc3ccccc3)C(=O)N[C@H](Cc3ccccc3)C(=O)NCC(=O)NC(CO)C(=O)N[C@@H](CO)C(=O)NC(CO)C(=O)N[C@@H](CCCNC(=N)N)C(=O)O)ccc2c1. The number of aliphatic hydroxyl groups is 3. The van der Waals surface area contributed by atoms with Crippen LogP contribution in [0.4, 0.5) is 0 Å². The van der Waals surface area contributed by atoms with Crippen molar-refractivity contribution >= 4 is 64.1 Å². The van der Waals surface area contributed by atoms with Gasteiger partial charge in [0.15, 0.2) is 5.96 Å². The van der Waals surface area contributed by atoms with E-state index in [0.29, 0.717) is 16.9 Å². The van der Waals surface area contributed by atoms with Crippen LogP contribution in [-0.4, -0.2) is 150 Å². The minimum Gasteiger partial charge on any atom is -0.497 e. The molecule has 0 heterocycles. The average molecular weight is 999 g/mol. The molecule has 0 spiro atoms. The second-order valence-corrected chi connectivity index (χ2v) is 16.6. The van der Waals surface area contributed by atoms with E-state index in [0.717, 1.165) is 16.3 Å². The summed E-state index contributed by atoms with van der Waals surface area (Å²) in [6.07, 6.45) is 0.0576. The highest BCUT2D eigenvalue weighted by Crippen LogP contribution is 2.25. The summed E-state index contributed by atoms with van der Waals surface area (Å²) in [5, 5.41) is 67.3. The van der Waals surface area contributed by atoms with Crippen molar-refractivity contribution in [1.82, 2.24) is 42.5 Å². The number of methoxy groups -OCH3 is 1. The van der Waals surface area contributed by atoms with Crippen LogP contribution in [0.2, 0.25) is 0 Å². The van der Waals surface area contributed by atoms with Crippen molar-refractivity contribution in [2.24, 2.45) is 5.73 Å². The smallest absolute Gasteiger partial charge is 0.326 e. The number of carboxylic acid groups (broad SMARTS) is 1. The highest BCUT2D eigenvalue weighted by molar-refractivity contribution is 5.97. The Morgan fingerprint density at radius 2 is 1.03 bits per heavy atom. The summed E-state index contributed by atoms with van der Waals surface area (Å²) in [7, 11) is 1.57. The van der Waals surface area contributed by atoms with E-state index >= 15 is 0 Å². The van der Waals surface area contributed by atoms with Gasteiger partial charge in [-0.2, -0.15) is 0 Å². The lowest BCUT2D eigenvalue weighted by Gasteiger charge is -2.25. The van der Waals surface area contributed by atoms with Crippen molar-refractivity contribution in [2.45, 2.75) is 74.8 Å². The van der Waals surface area contributed by atoms with Crippen LogP contribution in [0.25, 0.3) is 10.8 Å². The molecular weight excluding hydrogens is 937 g/mol. The number of hydrogen-bond donors (Lipinski definition) is 14. The van der Waals surface area contributed by atoms with Gasteiger partial charge in [-0.05, 0) is 59.4 Å². The molecule has 4 aromatic carbocycles. The first-order valence-corrected chi connectivity index (χ1v) is 22.8. The first-order chi connectivity index (χ1) is 34.5. The summed E-state index contributed by atoms with van der Waals surface area (Å²) in [6, 6.07) is 19.5. The fourth-order valence-corrected chi connectivity index (χ4v) is 7.20. The molecule has 4 rings (SSSR count).